The van der Waals surface area contributed by atoms with Gasteiger partial charge in [-0.2, -0.15) is 5.10 Å². The van der Waals surface area contributed by atoms with Gasteiger partial charge >= 0.3 is 0 Å². The molecule has 1 aliphatic rings. The maximum absolute atomic E-state index is 12.4. The summed E-state index contributed by atoms with van der Waals surface area (Å²) in [6.45, 7) is 2.46. The number of fused-ring (bicyclic) bond motifs is 1. The highest BCUT2D eigenvalue weighted by atomic mass is 16.1. The molecule has 0 saturated carbocycles. The second kappa shape index (κ2) is 6.55. The smallest absolute Gasteiger partial charge is 0.272 e. The van der Waals surface area contributed by atoms with Crippen molar-refractivity contribution in [2.75, 3.05) is 0 Å². The molecule has 0 atom stereocenters. The lowest BCUT2D eigenvalue weighted by Crippen LogP contribution is -2.24. The summed E-state index contributed by atoms with van der Waals surface area (Å²) in [5.74, 6) is 0.846. The minimum absolute atomic E-state index is 0.103. The third-order valence-corrected chi connectivity index (χ3v) is 4.76. The van der Waals surface area contributed by atoms with Gasteiger partial charge in [0.1, 0.15) is 5.82 Å². The zero-order valence-electron chi connectivity index (χ0n) is 14.2. The number of rotatable bonds is 4. The van der Waals surface area contributed by atoms with Crippen LogP contribution in [-0.2, 0) is 19.4 Å². The Hall–Kier alpha value is -2.89. The van der Waals surface area contributed by atoms with Crippen molar-refractivity contribution in [3.05, 3.63) is 65.0 Å². The van der Waals surface area contributed by atoms with Crippen LogP contribution < -0.4 is 5.32 Å². The van der Waals surface area contributed by atoms with E-state index in [-0.39, 0.29) is 5.91 Å². The van der Waals surface area contributed by atoms with E-state index in [1.54, 1.807) is 6.20 Å². The van der Waals surface area contributed by atoms with Gasteiger partial charge in [0.25, 0.3) is 5.91 Å². The van der Waals surface area contributed by atoms with Crippen molar-refractivity contribution in [2.24, 2.45) is 0 Å². The lowest BCUT2D eigenvalue weighted by atomic mass is 9.96. The molecule has 0 aliphatic heterocycles. The summed E-state index contributed by atoms with van der Waals surface area (Å²) in [5, 5.41) is 10.2. The lowest BCUT2D eigenvalue weighted by Gasteiger charge is -2.11. The highest BCUT2D eigenvalue weighted by Gasteiger charge is 2.21. The molecule has 1 aliphatic carbocycles. The first kappa shape index (κ1) is 15.6. The monoisotopic (exact) mass is 335 g/mol. The molecule has 0 bridgehead atoms. The van der Waals surface area contributed by atoms with Crippen molar-refractivity contribution in [1.29, 1.82) is 0 Å². The first-order chi connectivity index (χ1) is 12.2. The number of nitrogens with zero attached hydrogens (tertiary/aromatic N) is 3. The van der Waals surface area contributed by atoms with Crippen LogP contribution in [0.2, 0.25) is 0 Å². The summed E-state index contributed by atoms with van der Waals surface area (Å²) in [6, 6.07) is 8.11. The average molecular weight is 335 g/mol. The molecule has 2 aromatic heterocycles. The molecule has 0 fully saturated rings. The van der Waals surface area contributed by atoms with Crippen LogP contribution >= 0.6 is 0 Å². The number of carbonyl (C=O) groups is 1. The van der Waals surface area contributed by atoms with Gasteiger partial charge < -0.3 is 9.88 Å². The quantitative estimate of drug-likeness (QED) is 0.770. The number of benzene rings is 1. The van der Waals surface area contributed by atoms with Crippen LogP contribution in [0.1, 0.15) is 46.0 Å². The summed E-state index contributed by atoms with van der Waals surface area (Å²) < 4.78 is 2.03. The standard InChI is InChI=1S/C19H21N5O/c1-13-20-10-11-24(13)15-8-6-14(7-9-15)12-21-19(25)18-16-4-2-3-5-17(16)22-23-18/h6-11H,2-5,12H2,1H3,(H,21,25)(H,22,23). The van der Waals surface area contributed by atoms with Gasteiger partial charge in [0.2, 0.25) is 0 Å². The van der Waals surface area contributed by atoms with Gasteiger partial charge in [0.05, 0.1) is 0 Å². The molecule has 3 aromatic rings. The predicted molar refractivity (Wildman–Crippen MR) is 94.7 cm³/mol. The topological polar surface area (TPSA) is 75.6 Å². The maximum atomic E-state index is 12.4. The van der Waals surface area contributed by atoms with E-state index in [2.05, 4.69) is 20.5 Å². The minimum Gasteiger partial charge on any atom is -0.347 e. The zero-order chi connectivity index (χ0) is 17.2. The molecule has 25 heavy (non-hydrogen) atoms. The van der Waals surface area contributed by atoms with Crippen molar-refractivity contribution in [2.45, 2.75) is 39.2 Å². The molecular weight excluding hydrogens is 314 g/mol. The van der Waals surface area contributed by atoms with Crippen molar-refractivity contribution < 1.29 is 4.79 Å². The van der Waals surface area contributed by atoms with Crippen molar-refractivity contribution in [1.82, 2.24) is 25.1 Å². The Morgan fingerprint density at radius 3 is 2.80 bits per heavy atom. The van der Waals surface area contributed by atoms with Crippen LogP contribution in [0.4, 0.5) is 0 Å². The van der Waals surface area contributed by atoms with Crippen LogP contribution in [0.3, 0.4) is 0 Å². The highest BCUT2D eigenvalue weighted by molar-refractivity contribution is 5.94. The molecular formula is C19H21N5O. The van der Waals surface area contributed by atoms with Gasteiger partial charge in [-0.3, -0.25) is 9.89 Å². The zero-order valence-corrected chi connectivity index (χ0v) is 14.2. The Kier molecular flexibility index (Phi) is 4.09. The van der Waals surface area contributed by atoms with E-state index in [0.717, 1.165) is 47.6 Å². The number of hydrogen-bond donors (Lipinski definition) is 2. The predicted octanol–water partition coefficient (Wildman–Crippen LogP) is 2.71. The number of aromatic amines is 1. The molecule has 0 radical (unpaired) electrons. The summed E-state index contributed by atoms with van der Waals surface area (Å²) in [6.07, 6.45) is 7.94. The second-order valence-electron chi connectivity index (χ2n) is 6.43. The first-order valence-corrected chi connectivity index (χ1v) is 8.66. The summed E-state index contributed by atoms with van der Waals surface area (Å²) in [4.78, 5) is 16.7. The number of carbonyl (C=O) groups excluding carboxylic acids is 1. The van der Waals surface area contributed by atoms with E-state index in [1.165, 1.54) is 6.42 Å². The van der Waals surface area contributed by atoms with Crippen molar-refractivity contribution >= 4 is 5.91 Å². The Balaban J connectivity index is 1.42. The fourth-order valence-corrected chi connectivity index (χ4v) is 3.36. The van der Waals surface area contributed by atoms with Crippen LogP contribution in [0.25, 0.3) is 5.69 Å². The van der Waals surface area contributed by atoms with E-state index in [9.17, 15) is 4.79 Å². The Labute approximate surface area is 146 Å². The maximum Gasteiger partial charge on any atom is 0.272 e. The SMILES string of the molecule is Cc1nccn1-c1ccc(CNC(=O)c2n[nH]c3c2CCCC3)cc1. The van der Waals surface area contributed by atoms with E-state index >= 15 is 0 Å². The number of aromatic nitrogens is 4. The van der Waals surface area contributed by atoms with Crippen molar-refractivity contribution in [3.8, 4) is 5.69 Å². The Morgan fingerprint density at radius 2 is 2.04 bits per heavy atom. The third-order valence-electron chi connectivity index (χ3n) is 4.76. The van der Waals surface area contributed by atoms with Crippen LogP contribution in [-0.4, -0.2) is 25.7 Å². The molecule has 0 unspecified atom stereocenters. The lowest BCUT2D eigenvalue weighted by molar-refractivity contribution is 0.0945. The molecule has 2 N–H and O–H groups in total. The fraction of sp³-hybridized carbons (Fsp3) is 0.316. The molecule has 0 saturated heterocycles. The van der Waals surface area contributed by atoms with Crippen molar-refractivity contribution in [3.63, 3.8) is 0 Å². The average Bonchev–Trinajstić information content (AvgIpc) is 3.26. The van der Waals surface area contributed by atoms with Gasteiger partial charge in [-0.1, -0.05) is 12.1 Å². The minimum atomic E-state index is -0.103. The number of H-pyrrole nitrogens is 1. The van der Waals surface area contributed by atoms with E-state index in [4.69, 9.17) is 0 Å². The van der Waals surface area contributed by atoms with Crippen LogP contribution in [0.5, 0.6) is 0 Å². The Morgan fingerprint density at radius 1 is 1.24 bits per heavy atom. The Bertz CT molecular complexity index is 891. The number of amides is 1. The summed E-state index contributed by atoms with van der Waals surface area (Å²) in [5.41, 5.74) is 4.89. The van der Waals surface area contributed by atoms with Crippen LogP contribution in [0, 0.1) is 6.92 Å². The first-order valence-electron chi connectivity index (χ1n) is 8.66. The molecule has 128 valence electrons. The van der Waals surface area contributed by atoms with Gasteiger partial charge in [-0.25, -0.2) is 4.98 Å². The van der Waals surface area contributed by atoms with Gasteiger partial charge in [-0.05, 0) is 50.3 Å². The normalized spacial score (nSPS) is 13.5. The third kappa shape index (κ3) is 3.07. The molecule has 2 heterocycles. The number of aryl methyl sites for hydroxylation is 2. The molecule has 6 nitrogen and oxygen atoms in total. The summed E-state index contributed by atoms with van der Waals surface area (Å²) in [7, 11) is 0. The molecule has 6 heteroatoms. The van der Waals surface area contributed by atoms with Crippen LogP contribution in [0.15, 0.2) is 36.7 Å². The number of nitrogens with one attached hydrogen (secondary N) is 2. The molecule has 0 spiro atoms. The second-order valence-corrected chi connectivity index (χ2v) is 6.43. The van der Waals surface area contributed by atoms with Gasteiger partial charge in [0.15, 0.2) is 5.69 Å². The molecule has 4 rings (SSSR count). The molecule has 1 aromatic carbocycles. The number of hydrogen-bond acceptors (Lipinski definition) is 3. The summed E-state index contributed by atoms with van der Waals surface area (Å²) >= 11 is 0. The highest BCUT2D eigenvalue weighted by Crippen LogP contribution is 2.22. The van der Waals surface area contributed by atoms with Gasteiger partial charge in [0, 0.05) is 35.9 Å². The van der Waals surface area contributed by atoms with Gasteiger partial charge in [-0.15, -0.1) is 0 Å². The fourth-order valence-electron chi connectivity index (χ4n) is 3.36. The van der Waals surface area contributed by atoms with E-state index in [1.807, 2.05) is 42.0 Å². The number of imidazole rings is 1. The van der Waals surface area contributed by atoms with E-state index in [0.29, 0.717) is 12.2 Å². The molecule has 1 amide bonds. The van der Waals surface area contributed by atoms with E-state index < -0.39 is 0 Å². The largest absolute Gasteiger partial charge is 0.347 e.